The van der Waals surface area contributed by atoms with Gasteiger partial charge in [0.15, 0.2) is 0 Å². The monoisotopic (exact) mass is 352 g/mol. The number of allylic oxidation sites excluding steroid dienone is 2. The smallest absolute Gasteiger partial charge is 0.293 e. The van der Waals surface area contributed by atoms with Crippen molar-refractivity contribution in [3.8, 4) is 12.1 Å². The van der Waals surface area contributed by atoms with Crippen molar-refractivity contribution in [2.24, 2.45) is 0 Å². The van der Waals surface area contributed by atoms with Crippen molar-refractivity contribution in [3.05, 3.63) is 51.6 Å². The predicted octanol–water partition coefficient (Wildman–Crippen LogP) is 2.94. The van der Waals surface area contributed by atoms with Gasteiger partial charge in [-0.25, -0.2) is 0 Å². The van der Waals surface area contributed by atoms with Crippen LogP contribution in [-0.4, -0.2) is 29.1 Å². The number of imide groups is 1. The van der Waals surface area contributed by atoms with Gasteiger partial charge in [-0.05, 0) is 37.2 Å². The lowest BCUT2D eigenvalue weighted by Crippen LogP contribution is -2.34. The van der Waals surface area contributed by atoms with Gasteiger partial charge in [-0.15, -0.1) is 0 Å². The molecule has 0 aromatic heterocycles. The Labute approximate surface area is 150 Å². The van der Waals surface area contributed by atoms with Gasteiger partial charge in [0.25, 0.3) is 11.1 Å². The van der Waals surface area contributed by atoms with Gasteiger partial charge in [0.1, 0.15) is 17.7 Å². The summed E-state index contributed by atoms with van der Waals surface area (Å²) in [7, 11) is 0. The van der Waals surface area contributed by atoms with Crippen molar-refractivity contribution in [1.82, 2.24) is 10.2 Å². The van der Waals surface area contributed by atoms with Crippen molar-refractivity contribution < 1.29 is 9.59 Å². The number of hydrogen-bond donors (Lipinski definition) is 1. The Morgan fingerprint density at radius 3 is 2.48 bits per heavy atom. The van der Waals surface area contributed by atoms with Gasteiger partial charge in [0.05, 0.1) is 4.91 Å². The number of amides is 2. The third kappa shape index (κ3) is 4.50. The fourth-order valence-electron chi connectivity index (χ4n) is 2.14. The molecule has 1 N–H and O–H groups in total. The topological polar surface area (TPSA) is 97.0 Å². The molecule has 1 heterocycles. The molecule has 0 saturated carbocycles. The first kappa shape index (κ1) is 18.3. The van der Waals surface area contributed by atoms with Gasteiger partial charge in [-0.2, -0.15) is 10.5 Å². The van der Waals surface area contributed by atoms with Gasteiger partial charge in [-0.3, -0.25) is 14.5 Å². The highest BCUT2D eigenvalue weighted by atomic mass is 32.2. The molecule has 1 fully saturated rings. The summed E-state index contributed by atoms with van der Waals surface area (Å²) < 4.78 is 0. The van der Waals surface area contributed by atoms with E-state index in [1.165, 1.54) is 0 Å². The van der Waals surface area contributed by atoms with Crippen LogP contribution in [0.4, 0.5) is 4.79 Å². The molecule has 0 unspecified atom stereocenters. The maximum absolute atomic E-state index is 12.4. The number of carbonyl (C=O) groups excluding carboxylic acids is 2. The first-order valence-electron chi connectivity index (χ1n) is 7.53. The number of carbonyl (C=O) groups is 2. The van der Waals surface area contributed by atoms with E-state index < -0.39 is 0 Å². The Morgan fingerprint density at radius 2 is 1.88 bits per heavy atom. The van der Waals surface area contributed by atoms with Gasteiger partial charge < -0.3 is 5.32 Å². The van der Waals surface area contributed by atoms with Crippen molar-refractivity contribution in [1.29, 1.82) is 10.5 Å². The number of nitrogens with zero attached hydrogens (tertiary/aromatic N) is 3. The summed E-state index contributed by atoms with van der Waals surface area (Å²) >= 11 is 0.909. The van der Waals surface area contributed by atoms with Gasteiger partial charge >= 0.3 is 0 Å². The lowest BCUT2D eigenvalue weighted by molar-refractivity contribution is -0.122. The van der Waals surface area contributed by atoms with Crippen LogP contribution in [0, 0.1) is 29.6 Å². The van der Waals surface area contributed by atoms with E-state index in [0.717, 1.165) is 27.8 Å². The molecule has 6 nitrogen and oxygen atoms in total. The highest BCUT2D eigenvalue weighted by Gasteiger charge is 2.34. The van der Waals surface area contributed by atoms with E-state index >= 15 is 0 Å². The zero-order chi connectivity index (χ0) is 18.4. The Morgan fingerprint density at radius 1 is 1.24 bits per heavy atom. The summed E-state index contributed by atoms with van der Waals surface area (Å²) in [5, 5.41) is 20.1. The molecule has 0 spiro atoms. The van der Waals surface area contributed by atoms with E-state index in [2.05, 4.69) is 5.32 Å². The van der Waals surface area contributed by atoms with Crippen LogP contribution in [0.1, 0.15) is 18.1 Å². The van der Waals surface area contributed by atoms with Crippen LogP contribution in [0.25, 0.3) is 6.08 Å². The van der Waals surface area contributed by atoms with E-state index in [1.54, 1.807) is 25.1 Å². The van der Waals surface area contributed by atoms with E-state index in [-0.39, 0.29) is 29.8 Å². The van der Waals surface area contributed by atoms with Crippen LogP contribution in [0.3, 0.4) is 0 Å². The third-order valence-electron chi connectivity index (χ3n) is 3.57. The van der Waals surface area contributed by atoms with Gasteiger partial charge in [0, 0.05) is 18.8 Å². The Bertz CT molecular complexity index is 825. The largest absolute Gasteiger partial charge is 0.385 e. The second-order valence-electron chi connectivity index (χ2n) is 5.39. The number of aryl methyl sites for hydroxylation is 1. The number of rotatable bonds is 5. The Hall–Kier alpha value is -3.03. The lowest BCUT2D eigenvalue weighted by Gasteiger charge is -2.13. The molecular formula is C18H16N4O2S. The minimum atomic E-state index is -0.334. The minimum absolute atomic E-state index is 0.0200. The van der Waals surface area contributed by atoms with Crippen LogP contribution in [0.2, 0.25) is 0 Å². The normalized spacial score (nSPS) is 15.0. The number of hydrogen-bond acceptors (Lipinski definition) is 6. The Kier molecular flexibility index (Phi) is 5.99. The summed E-state index contributed by atoms with van der Waals surface area (Å²) in [6.07, 6.45) is 1.70. The minimum Gasteiger partial charge on any atom is -0.385 e. The fourth-order valence-corrected chi connectivity index (χ4v) is 3.01. The summed E-state index contributed by atoms with van der Waals surface area (Å²) in [5.41, 5.74) is 2.38. The van der Waals surface area contributed by atoms with E-state index in [4.69, 9.17) is 10.5 Å². The van der Waals surface area contributed by atoms with Gasteiger partial charge in [0.2, 0.25) is 0 Å². The van der Waals surface area contributed by atoms with Gasteiger partial charge in [-0.1, -0.05) is 29.8 Å². The average molecular weight is 352 g/mol. The van der Waals surface area contributed by atoms with E-state index in [9.17, 15) is 9.59 Å². The first-order valence-corrected chi connectivity index (χ1v) is 8.35. The Balaban J connectivity index is 2.02. The maximum atomic E-state index is 12.4. The maximum Gasteiger partial charge on any atom is 0.293 e. The zero-order valence-electron chi connectivity index (χ0n) is 13.9. The van der Waals surface area contributed by atoms with Crippen molar-refractivity contribution >= 4 is 29.0 Å². The second-order valence-corrected chi connectivity index (χ2v) is 6.39. The van der Waals surface area contributed by atoms with Crippen LogP contribution in [0.15, 0.2) is 40.4 Å². The number of nitrogens with one attached hydrogen (secondary N) is 1. The van der Waals surface area contributed by atoms with Crippen molar-refractivity contribution in [3.63, 3.8) is 0 Å². The van der Waals surface area contributed by atoms with Crippen LogP contribution >= 0.6 is 11.8 Å². The fraction of sp³-hybridized carbons (Fsp3) is 0.222. The number of thioether (sulfide) groups is 1. The third-order valence-corrected chi connectivity index (χ3v) is 4.48. The standard InChI is InChI=1S/C18H16N4O2S/c1-12-3-5-14(6-4-12)9-16-17(23)22(18(24)25-16)8-7-21-13(2)15(10-19)11-20/h3-6,9,21H,7-8H2,1-2H3/b16-9+. The highest BCUT2D eigenvalue weighted by molar-refractivity contribution is 8.18. The molecule has 2 amide bonds. The first-order chi connectivity index (χ1) is 12.0. The molecule has 0 aliphatic carbocycles. The molecule has 0 radical (unpaired) electrons. The average Bonchev–Trinajstić information content (AvgIpc) is 2.85. The van der Waals surface area contributed by atoms with Crippen molar-refractivity contribution in [2.75, 3.05) is 13.1 Å². The molecule has 0 bridgehead atoms. The number of nitriles is 2. The molecule has 2 rings (SSSR count). The summed E-state index contributed by atoms with van der Waals surface area (Å²) in [6, 6.07) is 11.2. The highest BCUT2D eigenvalue weighted by Crippen LogP contribution is 2.31. The van der Waals surface area contributed by atoms with E-state index in [1.807, 2.05) is 31.2 Å². The van der Waals surface area contributed by atoms with E-state index in [0.29, 0.717) is 10.6 Å². The lowest BCUT2D eigenvalue weighted by atomic mass is 10.1. The molecule has 1 aromatic rings. The summed E-state index contributed by atoms with van der Waals surface area (Å²) in [4.78, 5) is 26.0. The van der Waals surface area contributed by atoms with Crippen LogP contribution in [0.5, 0.6) is 0 Å². The summed E-state index contributed by atoms with van der Waals surface area (Å²) in [6.45, 7) is 4.02. The molecule has 1 aliphatic rings. The quantitative estimate of drug-likeness (QED) is 0.646. The molecule has 0 atom stereocenters. The molecular weight excluding hydrogens is 336 g/mol. The summed E-state index contributed by atoms with van der Waals surface area (Å²) in [5.74, 6) is -0.334. The molecule has 7 heteroatoms. The molecule has 1 aromatic carbocycles. The molecule has 1 saturated heterocycles. The van der Waals surface area contributed by atoms with Crippen LogP contribution in [-0.2, 0) is 4.79 Å². The van der Waals surface area contributed by atoms with Crippen LogP contribution < -0.4 is 5.32 Å². The zero-order valence-corrected chi connectivity index (χ0v) is 14.7. The second kappa shape index (κ2) is 8.18. The molecule has 126 valence electrons. The molecule has 25 heavy (non-hydrogen) atoms. The molecule has 1 aliphatic heterocycles. The SMILES string of the molecule is CC(NCCN1C(=O)S/C(=C/c2ccc(C)cc2)C1=O)=C(C#N)C#N. The predicted molar refractivity (Wildman–Crippen MR) is 95.8 cm³/mol. The number of benzene rings is 1. The van der Waals surface area contributed by atoms with Crippen molar-refractivity contribution in [2.45, 2.75) is 13.8 Å².